The van der Waals surface area contributed by atoms with Gasteiger partial charge in [0.25, 0.3) is 0 Å². The number of amides is 1. The fraction of sp³-hybridized carbons (Fsp3) is 0.562. The maximum absolute atomic E-state index is 12.2. The Morgan fingerprint density at radius 3 is 2.44 bits per heavy atom. The zero-order valence-corrected chi connectivity index (χ0v) is 11.6. The van der Waals surface area contributed by atoms with Crippen LogP contribution in [0.15, 0.2) is 30.3 Å². The fourth-order valence-corrected chi connectivity index (χ4v) is 2.43. The molecule has 98 valence electrons. The second-order valence-corrected chi connectivity index (χ2v) is 5.60. The molecule has 1 saturated carbocycles. The number of carbonyl (C=O) groups is 1. The lowest BCUT2D eigenvalue weighted by atomic mass is 9.97. The number of benzene rings is 1. The standard InChI is InChI=1S/C16H23NO/c1-12(14-7-5-4-6-8-14)11-16(18)17(3)13(2)15-9-10-15/h4-8,12-13,15H,9-11H2,1-3H3. The fourth-order valence-electron chi connectivity index (χ4n) is 2.43. The van der Waals surface area contributed by atoms with Gasteiger partial charge in [0.2, 0.25) is 5.91 Å². The molecule has 2 unspecified atom stereocenters. The summed E-state index contributed by atoms with van der Waals surface area (Å²) in [5.41, 5.74) is 1.25. The Morgan fingerprint density at radius 2 is 1.89 bits per heavy atom. The number of carbonyl (C=O) groups excluding carboxylic acids is 1. The molecular formula is C16H23NO. The van der Waals surface area contributed by atoms with Gasteiger partial charge < -0.3 is 4.90 Å². The molecule has 0 saturated heterocycles. The van der Waals surface area contributed by atoms with Gasteiger partial charge in [-0.1, -0.05) is 37.3 Å². The molecule has 1 aromatic carbocycles. The van der Waals surface area contributed by atoms with Gasteiger partial charge in [-0.15, -0.1) is 0 Å². The van der Waals surface area contributed by atoms with Gasteiger partial charge in [0, 0.05) is 19.5 Å². The number of nitrogens with zero attached hydrogens (tertiary/aromatic N) is 1. The minimum atomic E-state index is 0.269. The summed E-state index contributed by atoms with van der Waals surface area (Å²) < 4.78 is 0. The lowest BCUT2D eigenvalue weighted by Crippen LogP contribution is -2.36. The molecular weight excluding hydrogens is 222 g/mol. The van der Waals surface area contributed by atoms with E-state index in [1.165, 1.54) is 18.4 Å². The van der Waals surface area contributed by atoms with Crippen LogP contribution in [0.1, 0.15) is 44.6 Å². The van der Waals surface area contributed by atoms with Gasteiger partial charge in [0.1, 0.15) is 0 Å². The Bertz CT molecular complexity index is 397. The minimum absolute atomic E-state index is 0.269. The van der Waals surface area contributed by atoms with Crippen LogP contribution in [-0.4, -0.2) is 23.9 Å². The van der Waals surface area contributed by atoms with Crippen LogP contribution in [-0.2, 0) is 4.79 Å². The summed E-state index contributed by atoms with van der Waals surface area (Å²) in [7, 11) is 1.95. The molecule has 0 aliphatic heterocycles. The molecule has 0 heterocycles. The molecule has 1 aliphatic rings. The van der Waals surface area contributed by atoms with Crippen molar-refractivity contribution in [2.75, 3.05) is 7.05 Å². The quantitative estimate of drug-likeness (QED) is 0.778. The Labute approximate surface area is 110 Å². The van der Waals surface area contributed by atoms with E-state index in [2.05, 4.69) is 26.0 Å². The van der Waals surface area contributed by atoms with E-state index >= 15 is 0 Å². The van der Waals surface area contributed by atoms with E-state index in [0.717, 1.165) is 5.92 Å². The predicted molar refractivity (Wildman–Crippen MR) is 74.4 cm³/mol. The van der Waals surface area contributed by atoms with Crippen LogP contribution in [0.3, 0.4) is 0 Å². The van der Waals surface area contributed by atoms with Crippen LogP contribution in [0.2, 0.25) is 0 Å². The molecule has 2 heteroatoms. The molecule has 18 heavy (non-hydrogen) atoms. The van der Waals surface area contributed by atoms with Crippen LogP contribution >= 0.6 is 0 Å². The van der Waals surface area contributed by atoms with E-state index in [1.54, 1.807) is 0 Å². The van der Waals surface area contributed by atoms with Crippen molar-refractivity contribution in [1.29, 1.82) is 0 Å². The molecule has 0 radical (unpaired) electrons. The van der Waals surface area contributed by atoms with Crippen molar-refractivity contribution in [1.82, 2.24) is 4.90 Å². The lowest BCUT2D eigenvalue weighted by Gasteiger charge is -2.26. The maximum atomic E-state index is 12.2. The summed E-state index contributed by atoms with van der Waals surface area (Å²) in [6.45, 7) is 4.30. The van der Waals surface area contributed by atoms with Crippen molar-refractivity contribution in [3.8, 4) is 0 Å². The molecule has 2 atom stereocenters. The normalized spacial score (nSPS) is 18.2. The first-order chi connectivity index (χ1) is 8.59. The Kier molecular flexibility index (Phi) is 4.05. The van der Waals surface area contributed by atoms with Gasteiger partial charge in [0.15, 0.2) is 0 Å². The van der Waals surface area contributed by atoms with Gasteiger partial charge in [-0.2, -0.15) is 0 Å². The molecule has 0 spiro atoms. The summed E-state index contributed by atoms with van der Waals surface area (Å²) in [6, 6.07) is 10.7. The second kappa shape index (κ2) is 5.55. The first-order valence-corrected chi connectivity index (χ1v) is 6.90. The predicted octanol–water partition coefficient (Wildman–Crippen LogP) is 3.44. The van der Waals surface area contributed by atoms with Crippen LogP contribution < -0.4 is 0 Å². The monoisotopic (exact) mass is 245 g/mol. The van der Waals surface area contributed by atoms with Crippen LogP contribution in [0, 0.1) is 5.92 Å². The molecule has 1 amide bonds. The van der Waals surface area contributed by atoms with Crippen molar-refractivity contribution in [3.05, 3.63) is 35.9 Å². The number of hydrogen-bond donors (Lipinski definition) is 0. The average molecular weight is 245 g/mol. The molecule has 0 N–H and O–H groups in total. The summed E-state index contributed by atoms with van der Waals surface area (Å²) in [4.78, 5) is 14.2. The highest BCUT2D eigenvalue weighted by Gasteiger charge is 2.32. The number of hydrogen-bond acceptors (Lipinski definition) is 1. The van der Waals surface area contributed by atoms with E-state index in [1.807, 2.05) is 30.1 Å². The van der Waals surface area contributed by atoms with Crippen molar-refractivity contribution < 1.29 is 4.79 Å². The lowest BCUT2D eigenvalue weighted by molar-refractivity contribution is -0.132. The van der Waals surface area contributed by atoms with Gasteiger partial charge in [-0.05, 0) is 37.2 Å². The van der Waals surface area contributed by atoms with E-state index in [0.29, 0.717) is 18.4 Å². The van der Waals surface area contributed by atoms with Crippen LogP contribution in [0.25, 0.3) is 0 Å². The zero-order chi connectivity index (χ0) is 13.1. The van der Waals surface area contributed by atoms with Crippen LogP contribution in [0.4, 0.5) is 0 Å². The summed E-state index contributed by atoms with van der Waals surface area (Å²) in [6.07, 6.45) is 3.18. The first-order valence-electron chi connectivity index (χ1n) is 6.90. The zero-order valence-electron chi connectivity index (χ0n) is 11.6. The highest BCUT2D eigenvalue weighted by Crippen LogP contribution is 2.35. The van der Waals surface area contributed by atoms with Crippen LogP contribution in [0.5, 0.6) is 0 Å². The summed E-state index contributed by atoms with van der Waals surface area (Å²) in [5, 5.41) is 0. The first kappa shape index (κ1) is 13.1. The molecule has 0 aromatic heterocycles. The molecule has 0 bridgehead atoms. The highest BCUT2D eigenvalue weighted by molar-refractivity contribution is 5.77. The number of rotatable bonds is 5. The summed E-state index contributed by atoms with van der Waals surface area (Å²) in [5.74, 6) is 1.31. The molecule has 2 rings (SSSR count). The Hall–Kier alpha value is -1.31. The van der Waals surface area contributed by atoms with E-state index in [-0.39, 0.29) is 5.91 Å². The Balaban J connectivity index is 1.90. The van der Waals surface area contributed by atoms with Crippen molar-refractivity contribution in [2.24, 2.45) is 5.92 Å². The Morgan fingerprint density at radius 1 is 1.28 bits per heavy atom. The van der Waals surface area contributed by atoms with Crippen molar-refractivity contribution in [2.45, 2.75) is 45.1 Å². The van der Waals surface area contributed by atoms with E-state index in [4.69, 9.17) is 0 Å². The molecule has 1 fully saturated rings. The average Bonchev–Trinajstić information content (AvgIpc) is 3.22. The van der Waals surface area contributed by atoms with E-state index < -0.39 is 0 Å². The highest BCUT2D eigenvalue weighted by atomic mass is 16.2. The topological polar surface area (TPSA) is 20.3 Å². The van der Waals surface area contributed by atoms with Gasteiger partial charge in [0.05, 0.1) is 0 Å². The van der Waals surface area contributed by atoms with Crippen molar-refractivity contribution in [3.63, 3.8) is 0 Å². The van der Waals surface area contributed by atoms with Gasteiger partial charge >= 0.3 is 0 Å². The SMILES string of the molecule is CC(CC(=O)N(C)C(C)C1CC1)c1ccccc1. The third-order valence-electron chi connectivity index (χ3n) is 4.16. The summed E-state index contributed by atoms with van der Waals surface area (Å²) >= 11 is 0. The minimum Gasteiger partial charge on any atom is -0.343 e. The van der Waals surface area contributed by atoms with Gasteiger partial charge in [-0.3, -0.25) is 4.79 Å². The smallest absolute Gasteiger partial charge is 0.223 e. The van der Waals surface area contributed by atoms with Crippen molar-refractivity contribution >= 4 is 5.91 Å². The molecule has 1 aromatic rings. The second-order valence-electron chi connectivity index (χ2n) is 5.60. The third-order valence-corrected chi connectivity index (χ3v) is 4.16. The largest absolute Gasteiger partial charge is 0.343 e. The molecule has 2 nitrogen and oxygen atoms in total. The van der Waals surface area contributed by atoms with E-state index in [9.17, 15) is 4.79 Å². The third kappa shape index (κ3) is 3.12. The maximum Gasteiger partial charge on any atom is 0.223 e. The molecule has 1 aliphatic carbocycles. The van der Waals surface area contributed by atoms with Gasteiger partial charge in [-0.25, -0.2) is 0 Å².